The highest BCUT2D eigenvalue weighted by atomic mass is 35.5. The molecule has 0 unspecified atom stereocenters. The Labute approximate surface area is 143 Å². The van der Waals surface area contributed by atoms with E-state index in [-0.39, 0.29) is 17.4 Å². The number of ketones is 1. The predicted molar refractivity (Wildman–Crippen MR) is 89.1 cm³/mol. The Hall–Kier alpha value is -2.22. The van der Waals surface area contributed by atoms with Crippen LogP contribution in [-0.2, 0) is 7.05 Å². The first-order chi connectivity index (χ1) is 10.9. The van der Waals surface area contributed by atoms with Crippen LogP contribution in [0.3, 0.4) is 0 Å². The van der Waals surface area contributed by atoms with Crippen LogP contribution >= 0.6 is 23.2 Å². The van der Waals surface area contributed by atoms with Crippen molar-refractivity contribution < 1.29 is 9.53 Å². The number of nitrogens with zero attached hydrogens (tertiary/aromatic N) is 2. The van der Waals surface area contributed by atoms with Gasteiger partial charge in [-0.3, -0.25) is 4.79 Å². The van der Waals surface area contributed by atoms with E-state index in [4.69, 9.17) is 33.2 Å². The van der Waals surface area contributed by atoms with Crippen molar-refractivity contribution in [2.24, 2.45) is 7.05 Å². The second-order valence-corrected chi connectivity index (χ2v) is 6.05. The molecular weight excluding hydrogens is 335 g/mol. The molecule has 1 aliphatic rings. The molecule has 0 N–H and O–H groups in total. The third-order valence-corrected chi connectivity index (χ3v) is 4.76. The van der Waals surface area contributed by atoms with Gasteiger partial charge in [-0.15, -0.1) is 0 Å². The fraction of sp³-hybridized carbons (Fsp3) is 0.176. The normalized spacial score (nSPS) is 15.3. The molecule has 6 heteroatoms. The van der Waals surface area contributed by atoms with Gasteiger partial charge in [0.2, 0.25) is 0 Å². The summed E-state index contributed by atoms with van der Waals surface area (Å²) < 4.78 is 7.40. The number of aromatic nitrogens is 1. The van der Waals surface area contributed by atoms with Crippen molar-refractivity contribution in [3.05, 3.63) is 56.3 Å². The third-order valence-electron chi connectivity index (χ3n) is 3.98. The zero-order chi connectivity index (χ0) is 16.7. The predicted octanol–water partition coefficient (Wildman–Crippen LogP) is 4.17. The van der Waals surface area contributed by atoms with Crippen LogP contribution < -0.4 is 4.74 Å². The standard InChI is InChI=1S/C17H12Cl2N2O2/c1-9-10(6-12(7-20)21(9)2)5-11-8-23-17-13(16(11)22)3-4-14(18)15(17)19/h3-6H,8H2,1-2H3/b11-5-. The molecule has 1 aromatic carbocycles. The van der Waals surface area contributed by atoms with Crippen LogP contribution in [0.2, 0.25) is 10.0 Å². The number of hydrogen-bond donors (Lipinski definition) is 0. The zero-order valence-electron chi connectivity index (χ0n) is 12.5. The van der Waals surface area contributed by atoms with Crippen molar-refractivity contribution in [2.45, 2.75) is 6.92 Å². The molecule has 0 saturated heterocycles. The lowest BCUT2D eigenvalue weighted by Gasteiger charge is -2.20. The molecule has 1 aliphatic heterocycles. The van der Waals surface area contributed by atoms with E-state index in [9.17, 15) is 4.79 Å². The minimum Gasteiger partial charge on any atom is -0.486 e. The maximum atomic E-state index is 12.6. The smallest absolute Gasteiger partial charge is 0.196 e. The van der Waals surface area contributed by atoms with E-state index >= 15 is 0 Å². The Balaban J connectivity index is 2.05. The molecule has 0 radical (unpaired) electrons. The second kappa shape index (κ2) is 5.77. The number of rotatable bonds is 1. The summed E-state index contributed by atoms with van der Waals surface area (Å²) in [6.07, 6.45) is 1.75. The van der Waals surface area contributed by atoms with Gasteiger partial charge in [0.15, 0.2) is 11.5 Å². The largest absolute Gasteiger partial charge is 0.486 e. The summed E-state index contributed by atoms with van der Waals surface area (Å²) in [7, 11) is 1.81. The van der Waals surface area contributed by atoms with Crippen molar-refractivity contribution in [2.75, 3.05) is 6.61 Å². The summed E-state index contributed by atoms with van der Waals surface area (Å²) in [5.41, 5.74) is 3.16. The van der Waals surface area contributed by atoms with E-state index in [1.807, 2.05) is 14.0 Å². The van der Waals surface area contributed by atoms with Crippen LogP contribution in [0.4, 0.5) is 0 Å². The molecule has 0 fully saturated rings. The van der Waals surface area contributed by atoms with Gasteiger partial charge in [-0.25, -0.2) is 0 Å². The molecule has 0 aliphatic carbocycles. The van der Waals surface area contributed by atoms with Crippen molar-refractivity contribution in [3.63, 3.8) is 0 Å². The zero-order valence-corrected chi connectivity index (χ0v) is 14.0. The maximum Gasteiger partial charge on any atom is 0.196 e. The summed E-state index contributed by atoms with van der Waals surface area (Å²) >= 11 is 12.0. The van der Waals surface area contributed by atoms with E-state index < -0.39 is 0 Å². The average Bonchev–Trinajstić information content (AvgIpc) is 2.81. The monoisotopic (exact) mass is 346 g/mol. The lowest BCUT2D eigenvalue weighted by atomic mass is 9.98. The average molecular weight is 347 g/mol. The number of nitriles is 1. The third kappa shape index (κ3) is 2.52. The van der Waals surface area contributed by atoms with Crippen LogP contribution in [0, 0.1) is 18.3 Å². The summed E-state index contributed by atoms with van der Waals surface area (Å²) in [5.74, 6) is 0.176. The van der Waals surface area contributed by atoms with Crippen molar-refractivity contribution in [1.82, 2.24) is 4.57 Å². The van der Waals surface area contributed by atoms with Crippen molar-refractivity contribution in [3.8, 4) is 11.8 Å². The van der Waals surface area contributed by atoms with Gasteiger partial charge in [-0.2, -0.15) is 5.26 Å². The molecule has 2 heterocycles. The SMILES string of the molecule is Cc1c(/C=C2/COc3c(ccc(Cl)c3Cl)C2=O)cc(C#N)n1C. The highest BCUT2D eigenvalue weighted by Crippen LogP contribution is 2.39. The van der Waals surface area contributed by atoms with E-state index in [0.29, 0.717) is 27.6 Å². The Morgan fingerprint density at radius 2 is 2.13 bits per heavy atom. The minimum absolute atomic E-state index is 0.113. The lowest BCUT2D eigenvalue weighted by Crippen LogP contribution is -2.19. The summed E-state index contributed by atoms with van der Waals surface area (Å²) in [6.45, 7) is 2.01. The number of benzene rings is 1. The molecule has 1 aromatic heterocycles. The Bertz CT molecular complexity index is 904. The van der Waals surface area contributed by atoms with Crippen LogP contribution in [0.5, 0.6) is 5.75 Å². The van der Waals surface area contributed by atoms with Gasteiger partial charge in [-0.1, -0.05) is 23.2 Å². The van der Waals surface area contributed by atoms with E-state index in [1.54, 1.807) is 28.8 Å². The number of Topliss-reactive ketones (excluding diaryl/α,β-unsaturated/α-hetero) is 1. The Morgan fingerprint density at radius 3 is 2.78 bits per heavy atom. The summed E-state index contributed by atoms with van der Waals surface area (Å²) in [4.78, 5) is 12.6. The number of ether oxygens (including phenoxy) is 1. The topological polar surface area (TPSA) is 55.0 Å². The number of carbonyl (C=O) groups excluding carboxylic acids is 1. The van der Waals surface area contributed by atoms with Crippen molar-refractivity contribution in [1.29, 1.82) is 5.26 Å². The van der Waals surface area contributed by atoms with E-state index in [0.717, 1.165) is 11.3 Å². The number of fused-ring (bicyclic) bond motifs is 1. The first-order valence-corrected chi connectivity index (χ1v) is 7.62. The van der Waals surface area contributed by atoms with Crippen LogP contribution in [0.15, 0.2) is 23.8 Å². The highest BCUT2D eigenvalue weighted by Gasteiger charge is 2.26. The van der Waals surface area contributed by atoms with Gasteiger partial charge in [0.25, 0.3) is 0 Å². The number of carbonyl (C=O) groups is 1. The molecule has 0 atom stereocenters. The molecular formula is C17H12Cl2N2O2. The van der Waals surface area contributed by atoms with E-state index in [2.05, 4.69) is 6.07 Å². The van der Waals surface area contributed by atoms with Crippen molar-refractivity contribution >= 4 is 35.1 Å². The molecule has 2 aromatic rings. The van der Waals surface area contributed by atoms with Gasteiger partial charge in [-0.05, 0) is 36.8 Å². The molecule has 3 rings (SSSR count). The first-order valence-electron chi connectivity index (χ1n) is 6.86. The summed E-state index contributed by atoms with van der Waals surface area (Å²) in [6, 6.07) is 7.06. The molecule has 4 nitrogen and oxygen atoms in total. The van der Waals surface area contributed by atoms with Gasteiger partial charge >= 0.3 is 0 Å². The highest BCUT2D eigenvalue weighted by molar-refractivity contribution is 6.43. The quantitative estimate of drug-likeness (QED) is 0.728. The molecule has 0 bridgehead atoms. The Morgan fingerprint density at radius 1 is 1.39 bits per heavy atom. The lowest BCUT2D eigenvalue weighted by molar-refractivity contribution is 0.100. The van der Waals surface area contributed by atoms with Crippen LogP contribution in [0.1, 0.15) is 27.3 Å². The van der Waals surface area contributed by atoms with Gasteiger partial charge < -0.3 is 9.30 Å². The second-order valence-electron chi connectivity index (χ2n) is 5.27. The molecule has 23 heavy (non-hydrogen) atoms. The summed E-state index contributed by atoms with van der Waals surface area (Å²) in [5, 5.41) is 9.69. The fourth-order valence-corrected chi connectivity index (χ4v) is 2.88. The fourth-order valence-electron chi connectivity index (χ4n) is 2.51. The van der Waals surface area contributed by atoms with Crippen LogP contribution in [-0.4, -0.2) is 17.0 Å². The van der Waals surface area contributed by atoms with Gasteiger partial charge in [0.05, 0.1) is 10.6 Å². The number of halogens is 2. The molecule has 0 amide bonds. The Kier molecular flexibility index (Phi) is 3.93. The van der Waals surface area contributed by atoms with E-state index in [1.165, 1.54) is 0 Å². The molecule has 0 spiro atoms. The molecule has 116 valence electrons. The van der Waals surface area contributed by atoms with Gasteiger partial charge in [0.1, 0.15) is 23.4 Å². The first kappa shape index (κ1) is 15.7. The minimum atomic E-state index is -0.147. The van der Waals surface area contributed by atoms with Crippen LogP contribution in [0.25, 0.3) is 6.08 Å². The van der Waals surface area contributed by atoms with Gasteiger partial charge in [0, 0.05) is 18.3 Å². The molecule has 0 saturated carbocycles. The number of hydrogen-bond acceptors (Lipinski definition) is 3. The maximum absolute atomic E-state index is 12.6.